The minimum absolute atomic E-state index is 0.0773. The number of rotatable bonds is 5. The van der Waals surface area contributed by atoms with Crippen molar-refractivity contribution in [2.24, 2.45) is 5.73 Å². The molecule has 0 radical (unpaired) electrons. The first-order chi connectivity index (χ1) is 9.39. The highest BCUT2D eigenvalue weighted by Crippen LogP contribution is 2.39. The maximum atomic E-state index is 13.4. The van der Waals surface area contributed by atoms with E-state index in [-0.39, 0.29) is 23.6 Å². The summed E-state index contributed by atoms with van der Waals surface area (Å²) in [7, 11) is 1.60. The van der Waals surface area contributed by atoms with E-state index in [1.54, 1.807) is 13.2 Å². The standard InChI is InChI=1S/C16H24FNO2/c1-16(2,18)9-8-12-5-7-15(20-12)13-10-11(17)4-6-14(13)19-3/h4,6,10,12,15H,5,7-9,18H2,1-3H3/t12-,15?/m1/s1. The zero-order valence-corrected chi connectivity index (χ0v) is 12.5. The Morgan fingerprint density at radius 2 is 2.15 bits per heavy atom. The number of hydrogen-bond donors (Lipinski definition) is 1. The monoisotopic (exact) mass is 281 g/mol. The molecular formula is C16H24FNO2. The lowest BCUT2D eigenvalue weighted by atomic mass is 9.96. The molecule has 112 valence electrons. The minimum Gasteiger partial charge on any atom is -0.496 e. The Hall–Kier alpha value is -1.13. The van der Waals surface area contributed by atoms with Crippen LogP contribution in [0.5, 0.6) is 5.75 Å². The summed E-state index contributed by atoms with van der Waals surface area (Å²) in [6, 6.07) is 4.58. The van der Waals surface area contributed by atoms with Gasteiger partial charge >= 0.3 is 0 Å². The van der Waals surface area contributed by atoms with E-state index >= 15 is 0 Å². The fraction of sp³-hybridized carbons (Fsp3) is 0.625. The Morgan fingerprint density at radius 3 is 2.80 bits per heavy atom. The van der Waals surface area contributed by atoms with Crippen LogP contribution in [0.3, 0.4) is 0 Å². The maximum Gasteiger partial charge on any atom is 0.124 e. The summed E-state index contributed by atoms with van der Waals surface area (Å²) in [6.07, 6.45) is 3.88. The number of nitrogens with two attached hydrogens (primary N) is 1. The van der Waals surface area contributed by atoms with E-state index in [0.29, 0.717) is 5.75 Å². The van der Waals surface area contributed by atoms with Crippen molar-refractivity contribution in [1.29, 1.82) is 0 Å². The molecule has 1 fully saturated rings. The fourth-order valence-electron chi connectivity index (χ4n) is 2.64. The van der Waals surface area contributed by atoms with Crippen LogP contribution in [0.4, 0.5) is 4.39 Å². The highest BCUT2D eigenvalue weighted by atomic mass is 19.1. The van der Waals surface area contributed by atoms with Gasteiger partial charge in [-0.1, -0.05) is 0 Å². The first-order valence-electron chi connectivity index (χ1n) is 7.17. The van der Waals surface area contributed by atoms with Gasteiger partial charge in [-0.25, -0.2) is 4.39 Å². The Kier molecular flexibility index (Phi) is 4.66. The fourth-order valence-corrected chi connectivity index (χ4v) is 2.64. The van der Waals surface area contributed by atoms with Crippen molar-refractivity contribution in [3.05, 3.63) is 29.6 Å². The third-order valence-corrected chi connectivity index (χ3v) is 3.76. The summed E-state index contributed by atoms with van der Waals surface area (Å²) < 4.78 is 24.7. The van der Waals surface area contributed by atoms with E-state index < -0.39 is 0 Å². The van der Waals surface area contributed by atoms with E-state index in [2.05, 4.69) is 0 Å². The molecule has 1 aliphatic rings. The highest BCUT2D eigenvalue weighted by Gasteiger charge is 2.29. The van der Waals surface area contributed by atoms with Crippen LogP contribution in [0.25, 0.3) is 0 Å². The largest absolute Gasteiger partial charge is 0.496 e. The second-order valence-corrected chi connectivity index (χ2v) is 6.24. The molecule has 1 aliphatic heterocycles. The maximum absolute atomic E-state index is 13.4. The summed E-state index contributed by atoms with van der Waals surface area (Å²) in [6.45, 7) is 4.05. The predicted molar refractivity (Wildman–Crippen MR) is 77.3 cm³/mol. The van der Waals surface area contributed by atoms with Gasteiger partial charge < -0.3 is 15.2 Å². The number of hydrogen-bond acceptors (Lipinski definition) is 3. The van der Waals surface area contributed by atoms with E-state index in [4.69, 9.17) is 15.2 Å². The Labute approximate surface area is 120 Å². The van der Waals surface area contributed by atoms with Crippen molar-refractivity contribution < 1.29 is 13.9 Å². The molecular weight excluding hydrogens is 257 g/mol. The predicted octanol–water partition coefficient (Wildman–Crippen LogP) is 3.57. The van der Waals surface area contributed by atoms with Crippen LogP contribution in [-0.4, -0.2) is 18.8 Å². The number of halogens is 1. The molecule has 0 aliphatic carbocycles. The van der Waals surface area contributed by atoms with E-state index in [1.807, 2.05) is 13.8 Å². The van der Waals surface area contributed by atoms with Crippen LogP contribution in [0.2, 0.25) is 0 Å². The van der Waals surface area contributed by atoms with Crippen molar-refractivity contribution in [3.8, 4) is 5.75 Å². The molecule has 1 aromatic rings. The zero-order chi connectivity index (χ0) is 14.8. The van der Waals surface area contributed by atoms with E-state index in [1.165, 1.54) is 12.1 Å². The van der Waals surface area contributed by atoms with Crippen molar-refractivity contribution >= 4 is 0 Å². The topological polar surface area (TPSA) is 44.5 Å². The third kappa shape index (κ3) is 3.93. The SMILES string of the molecule is COc1ccc(F)cc1C1CC[C@H](CCC(C)(C)N)O1. The van der Waals surface area contributed by atoms with Crippen LogP contribution in [0, 0.1) is 5.82 Å². The van der Waals surface area contributed by atoms with Gasteiger partial charge in [0.05, 0.1) is 19.3 Å². The lowest BCUT2D eigenvalue weighted by molar-refractivity contribution is 0.0348. The smallest absolute Gasteiger partial charge is 0.124 e. The summed E-state index contributed by atoms with van der Waals surface area (Å²) in [4.78, 5) is 0. The van der Waals surface area contributed by atoms with Crippen LogP contribution in [-0.2, 0) is 4.74 Å². The van der Waals surface area contributed by atoms with Crippen molar-refractivity contribution in [3.63, 3.8) is 0 Å². The molecule has 2 rings (SSSR count). The van der Waals surface area contributed by atoms with Gasteiger partial charge in [0.15, 0.2) is 0 Å². The average molecular weight is 281 g/mol. The van der Waals surface area contributed by atoms with Gasteiger partial charge in [0.25, 0.3) is 0 Å². The molecule has 4 heteroatoms. The number of benzene rings is 1. The van der Waals surface area contributed by atoms with Gasteiger partial charge in [0.2, 0.25) is 0 Å². The molecule has 2 atom stereocenters. The molecule has 1 aromatic carbocycles. The van der Waals surface area contributed by atoms with Gasteiger partial charge in [-0.2, -0.15) is 0 Å². The molecule has 20 heavy (non-hydrogen) atoms. The Balaban J connectivity index is 2.00. The minimum atomic E-state index is -0.254. The molecule has 0 bridgehead atoms. The molecule has 2 N–H and O–H groups in total. The lowest BCUT2D eigenvalue weighted by Crippen LogP contribution is -2.32. The van der Waals surface area contributed by atoms with Gasteiger partial charge in [-0.3, -0.25) is 0 Å². The highest BCUT2D eigenvalue weighted by molar-refractivity contribution is 5.36. The lowest BCUT2D eigenvalue weighted by Gasteiger charge is -2.21. The van der Waals surface area contributed by atoms with Crippen LogP contribution >= 0.6 is 0 Å². The molecule has 0 amide bonds. The Bertz CT molecular complexity index is 456. The van der Waals surface area contributed by atoms with Crippen molar-refractivity contribution in [2.75, 3.05) is 7.11 Å². The molecule has 0 spiro atoms. The van der Waals surface area contributed by atoms with E-state index in [0.717, 1.165) is 31.2 Å². The second kappa shape index (κ2) is 6.10. The van der Waals surface area contributed by atoms with Gasteiger partial charge in [-0.05, 0) is 57.7 Å². The normalized spacial score (nSPS) is 23.1. The molecule has 0 saturated carbocycles. The van der Waals surface area contributed by atoms with Crippen molar-refractivity contribution in [1.82, 2.24) is 0 Å². The van der Waals surface area contributed by atoms with Crippen LogP contribution in [0.15, 0.2) is 18.2 Å². The van der Waals surface area contributed by atoms with Crippen LogP contribution < -0.4 is 10.5 Å². The molecule has 3 nitrogen and oxygen atoms in total. The molecule has 1 heterocycles. The Morgan fingerprint density at radius 1 is 1.40 bits per heavy atom. The molecule has 0 aromatic heterocycles. The van der Waals surface area contributed by atoms with Crippen LogP contribution in [0.1, 0.15) is 51.2 Å². The molecule has 1 saturated heterocycles. The first-order valence-corrected chi connectivity index (χ1v) is 7.17. The third-order valence-electron chi connectivity index (χ3n) is 3.76. The summed E-state index contributed by atoms with van der Waals surface area (Å²) in [5.74, 6) is 0.437. The summed E-state index contributed by atoms with van der Waals surface area (Å²) >= 11 is 0. The van der Waals surface area contributed by atoms with E-state index in [9.17, 15) is 4.39 Å². The van der Waals surface area contributed by atoms with Crippen molar-refractivity contribution in [2.45, 2.75) is 57.3 Å². The average Bonchev–Trinajstić information content (AvgIpc) is 2.84. The number of methoxy groups -OCH3 is 1. The van der Waals surface area contributed by atoms with Gasteiger partial charge in [0, 0.05) is 11.1 Å². The van der Waals surface area contributed by atoms with Gasteiger partial charge in [0.1, 0.15) is 11.6 Å². The second-order valence-electron chi connectivity index (χ2n) is 6.24. The first kappa shape index (κ1) is 15.3. The quantitative estimate of drug-likeness (QED) is 0.897. The molecule has 1 unspecified atom stereocenters. The number of ether oxygens (including phenoxy) is 2. The summed E-state index contributed by atoms with van der Waals surface area (Å²) in [5.41, 5.74) is 6.64. The zero-order valence-electron chi connectivity index (χ0n) is 12.5. The summed E-state index contributed by atoms with van der Waals surface area (Å²) in [5, 5.41) is 0. The van der Waals surface area contributed by atoms with Gasteiger partial charge in [-0.15, -0.1) is 0 Å².